The predicted molar refractivity (Wildman–Crippen MR) is 121 cm³/mol. The van der Waals surface area contributed by atoms with Crippen molar-refractivity contribution in [1.29, 1.82) is 0 Å². The summed E-state index contributed by atoms with van der Waals surface area (Å²) in [6.07, 6.45) is 1.96. The van der Waals surface area contributed by atoms with Crippen LogP contribution in [0.4, 0.5) is 0 Å². The highest BCUT2D eigenvalue weighted by atomic mass is 35.5. The Hall–Kier alpha value is -3.58. The Morgan fingerprint density at radius 1 is 1.16 bits per heavy atom. The topological polar surface area (TPSA) is 75.3 Å². The van der Waals surface area contributed by atoms with Gasteiger partial charge in [-0.25, -0.2) is 5.01 Å². The second kappa shape index (κ2) is 9.28. The molecule has 0 unspecified atom stereocenters. The number of furan rings is 1. The molecule has 164 valence electrons. The highest BCUT2D eigenvalue weighted by Gasteiger charge is 2.34. The maximum Gasteiger partial charge on any atom is 0.289 e. The average molecular weight is 452 g/mol. The highest BCUT2D eigenvalue weighted by molar-refractivity contribution is 6.30. The lowest BCUT2D eigenvalue weighted by molar-refractivity contribution is -0.133. The second-order valence-corrected chi connectivity index (χ2v) is 7.86. The highest BCUT2D eigenvalue weighted by Crippen LogP contribution is 2.33. The molecule has 1 atom stereocenters. The molecule has 1 aliphatic rings. The van der Waals surface area contributed by atoms with Crippen LogP contribution in [-0.2, 0) is 4.79 Å². The van der Waals surface area contributed by atoms with E-state index in [4.69, 9.17) is 20.8 Å². The Bertz CT molecular complexity index is 1130. The van der Waals surface area contributed by atoms with Crippen molar-refractivity contribution in [3.8, 4) is 5.75 Å². The fourth-order valence-electron chi connectivity index (χ4n) is 3.58. The molecule has 1 aromatic heterocycles. The van der Waals surface area contributed by atoms with Gasteiger partial charge in [-0.15, -0.1) is 0 Å². The number of nitrogens with zero attached hydrogens (tertiary/aromatic N) is 3. The molecular formula is C24H22ClN3O4. The molecule has 2 heterocycles. The first-order chi connectivity index (χ1) is 15.5. The van der Waals surface area contributed by atoms with Gasteiger partial charge < -0.3 is 14.1 Å². The van der Waals surface area contributed by atoms with Gasteiger partial charge in [0.1, 0.15) is 12.3 Å². The molecule has 3 aromatic rings. The molecular weight excluding hydrogens is 430 g/mol. The van der Waals surface area contributed by atoms with Crippen LogP contribution >= 0.6 is 11.6 Å². The minimum Gasteiger partial charge on any atom is -0.497 e. The number of carbonyl (C=O) groups excluding carboxylic acids is 2. The fourth-order valence-corrected chi connectivity index (χ4v) is 3.70. The summed E-state index contributed by atoms with van der Waals surface area (Å²) in [4.78, 5) is 27.0. The van der Waals surface area contributed by atoms with E-state index < -0.39 is 0 Å². The zero-order valence-corrected chi connectivity index (χ0v) is 18.5. The SMILES string of the molecule is COc1ccc(C2=NN(C(=O)CN(C)C(=O)c3ccco3)[C@@H](c3ccc(Cl)cc3)C2)cc1. The van der Waals surface area contributed by atoms with Crippen LogP contribution in [0.15, 0.2) is 76.4 Å². The monoisotopic (exact) mass is 451 g/mol. The van der Waals surface area contributed by atoms with Crippen molar-refractivity contribution >= 4 is 29.1 Å². The number of methoxy groups -OCH3 is 1. The standard InChI is InChI=1S/C24H22ClN3O4/c1-27(24(30)22-4-3-13-32-22)15-23(29)28-21(17-5-9-18(25)10-6-17)14-20(26-28)16-7-11-19(31-2)12-8-16/h3-13,21H,14-15H2,1-2H3/t21-/m1/s1. The molecule has 0 saturated carbocycles. The van der Waals surface area contributed by atoms with E-state index in [0.29, 0.717) is 11.4 Å². The molecule has 8 heteroatoms. The van der Waals surface area contributed by atoms with Crippen molar-refractivity contribution in [2.45, 2.75) is 12.5 Å². The average Bonchev–Trinajstić information content (AvgIpc) is 3.50. The van der Waals surface area contributed by atoms with Crippen molar-refractivity contribution < 1.29 is 18.7 Å². The van der Waals surface area contributed by atoms with E-state index in [0.717, 1.165) is 22.6 Å². The minimum absolute atomic E-state index is 0.136. The van der Waals surface area contributed by atoms with E-state index >= 15 is 0 Å². The molecule has 1 aliphatic heterocycles. The molecule has 7 nitrogen and oxygen atoms in total. The normalized spacial score (nSPS) is 15.4. The number of ether oxygens (including phenoxy) is 1. The van der Waals surface area contributed by atoms with Crippen LogP contribution in [-0.4, -0.2) is 48.1 Å². The van der Waals surface area contributed by atoms with Gasteiger partial charge in [-0.1, -0.05) is 23.7 Å². The summed E-state index contributed by atoms with van der Waals surface area (Å²) in [6.45, 7) is -0.136. The van der Waals surface area contributed by atoms with Crippen LogP contribution in [0.1, 0.15) is 34.1 Å². The Kier molecular flexibility index (Phi) is 6.28. The summed E-state index contributed by atoms with van der Waals surface area (Å²) >= 11 is 6.05. The number of halogens is 1. The van der Waals surface area contributed by atoms with E-state index in [2.05, 4.69) is 5.10 Å². The third-order valence-electron chi connectivity index (χ3n) is 5.30. The summed E-state index contributed by atoms with van der Waals surface area (Å²) < 4.78 is 10.4. The first-order valence-electron chi connectivity index (χ1n) is 10.0. The Morgan fingerprint density at radius 2 is 1.88 bits per heavy atom. The Morgan fingerprint density at radius 3 is 2.50 bits per heavy atom. The fraction of sp³-hybridized carbons (Fsp3) is 0.208. The molecule has 4 rings (SSSR count). The Labute approximate surface area is 190 Å². The third-order valence-corrected chi connectivity index (χ3v) is 5.55. The van der Waals surface area contributed by atoms with Crippen molar-refractivity contribution in [3.05, 3.63) is 88.8 Å². The molecule has 0 aliphatic carbocycles. The second-order valence-electron chi connectivity index (χ2n) is 7.42. The van der Waals surface area contributed by atoms with Gasteiger partial charge in [0, 0.05) is 18.5 Å². The number of carbonyl (C=O) groups is 2. The number of hydrazone groups is 1. The first-order valence-corrected chi connectivity index (χ1v) is 10.4. The predicted octanol–water partition coefficient (Wildman–Crippen LogP) is 4.39. The van der Waals surface area contributed by atoms with E-state index in [-0.39, 0.29) is 30.2 Å². The summed E-state index contributed by atoms with van der Waals surface area (Å²) in [6, 6.07) is 17.8. The van der Waals surface area contributed by atoms with Crippen molar-refractivity contribution in [1.82, 2.24) is 9.91 Å². The largest absolute Gasteiger partial charge is 0.497 e. The Balaban J connectivity index is 1.59. The summed E-state index contributed by atoms with van der Waals surface area (Å²) in [5.41, 5.74) is 2.59. The zero-order chi connectivity index (χ0) is 22.7. The smallest absolute Gasteiger partial charge is 0.289 e. The van der Waals surface area contributed by atoms with Gasteiger partial charge in [0.15, 0.2) is 5.76 Å². The van der Waals surface area contributed by atoms with E-state index in [1.165, 1.54) is 16.2 Å². The van der Waals surface area contributed by atoms with Crippen molar-refractivity contribution in [2.24, 2.45) is 5.10 Å². The molecule has 2 amide bonds. The quantitative estimate of drug-likeness (QED) is 0.557. The van der Waals surface area contributed by atoms with Gasteiger partial charge in [0.05, 0.1) is 25.1 Å². The van der Waals surface area contributed by atoms with Gasteiger partial charge in [0.25, 0.3) is 11.8 Å². The summed E-state index contributed by atoms with van der Waals surface area (Å²) in [5.74, 6) is 0.256. The van der Waals surface area contributed by atoms with Crippen LogP contribution in [0.5, 0.6) is 5.75 Å². The number of hydrogen-bond acceptors (Lipinski definition) is 5. The minimum atomic E-state index is -0.370. The lowest BCUT2D eigenvalue weighted by Gasteiger charge is -2.24. The molecule has 0 fully saturated rings. The van der Waals surface area contributed by atoms with E-state index in [1.807, 2.05) is 36.4 Å². The zero-order valence-electron chi connectivity index (χ0n) is 17.7. The van der Waals surface area contributed by atoms with Crippen LogP contribution in [0, 0.1) is 0 Å². The van der Waals surface area contributed by atoms with Gasteiger partial charge in [0.2, 0.25) is 0 Å². The molecule has 2 aromatic carbocycles. The summed E-state index contributed by atoms with van der Waals surface area (Å²) in [5, 5.41) is 6.70. The molecule has 0 spiro atoms. The van der Waals surface area contributed by atoms with Crippen LogP contribution < -0.4 is 4.74 Å². The molecule has 0 saturated heterocycles. The van der Waals surface area contributed by atoms with Crippen LogP contribution in [0.2, 0.25) is 5.02 Å². The molecule has 0 bridgehead atoms. The van der Waals surface area contributed by atoms with Gasteiger partial charge in [-0.05, 0) is 59.7 Å². The molecule has 0 radical (unpaired) electrons. The lowest BCUT2D eigenvalue weighted by Crippen LogP contribution is -2.39. The van der Waals surface area contributed by atoms with E-state index in [9.17, 15) is 9.59 Å². The van der Waals surface area contributed by atoms with Crippen molar-refractivity contribution in [3.63, 3.8) is 0 Å². The third kappa shape index (κ3) is 4.53. The number of amides is 2. The summed E-state index contributed by atoms with van der Waals surface area (Å²) in [7, 11) is 3.17. The van der Waals surface area contributed by atoms with Crippen LogP contribution in [0.3, 0.4) is 0 Å². The van der Waals surface area contributed by atoms with Gasteiger partial charge in [-0.2, -0.15) is 5.10 Å². The number of likely N-dealkylation sites (N-methyl/N-ethyl adjacent to an activating group) is 1. The molecule has 32 heavy (non-hydrogen) atoms. The number of benzene rings is 2. The van der Waals surface area contributed by atoms with Crippen LogP contribution in [0.25, 0.3) is 0 Å². The van der Waals surface area contributed by atoms with Gasteiger partial charge in [-0.3, -0.25) is 9.59 Å². The number of rotatable bonds is 6. The first kappa shape index (κ1) is 21.6. The maximum absolute atomic E-state index is 13.2. The maximum atomic E-state index is 13.2. The van der Waals surface area contributed by atoms with E-state index in [1.54, 1.807) is 38.4 Å². The number of hydrogen-bond donors (Lipinski definition) is 0. The lowest BCUT2D eigenvalue weighted by atomic mass is 9.98. The van der Waals surface area contributed by atoms with Crippen molar-refractivity contribution in [2.75, 3.05) is 20.7 Å². The molecule has 0 N–H and O–H groups in total. The van der Waals surface area contributed by atoms with Gasteiger partial charge >= 0.3 is 0 Å².